The number of carbonyl (C=O) groups excluding carboxylic acids is 6. The molecule has 16 heteroatoms. The van der Waals surface area contributed by atoms with Gasteiger partial charge in [-0.2, -0.15) is 0 Å². The van der Waals surface area contributed by atoms with Crippen LogP contribution in [0.2, 0.25) is 51.4 Å². The van der Waals surface area contributed by atoms with Gasteiger partial charge in [0.2, 0.25) is 0 Å². The number of aliphatic hydroxyl groups excluding tert-OH is 1. The number of hydrogen-bond acceptors (Lipinski definition) is 13. The van der Waals surface area contributed by atoms with Gasteiger partial charge in [-0.3, -0.25) is 19.2 Å². The second-order valence-corrected chi connectivity index (χ2v) is 35.0. The van der Waals surface area contributed by atoms with Crippen molar-refractivity contribution in [3.8, 4) is 11.1 Å². The Morgan fingerprint density at radius 1 is 0.635 bits per heavy atom. The van der Waals surface area contributed by atoms with Crippen molar-refractivity contribution >= 4 is 73.9 Å². The molecule has 0 heterocycles. The van der Waals surface area contributed by atoms with Crippen molar-refractivity contribution in [3.05, 3.63) is 84.0 Å². The lowest BCUT2D eigenvalue weighted by Gasteiger charge is -2.20. The van der Waals surface area contributed by atoms with Crippen molar-refractivity contribution in [2.75, 3.05) is 31.3 Å². The first-order chi connectivity index (χ1) is 35.2. The fraction of sp³-hybridized carbons (Fsp3) is 0.621. The molecule has 0 aromatic heterocycles. The van der Waals surface area contributed by atoms with E-state index in [2.05, 4.69) is 70.6 Å². The summed E-state index contributed by atoms with van der Waals surface area (Å²) in [6.45, 7) is 20.1. The zero-order valence-corrected chi connectivity index (χ0v) is 50.0. The molecule has 1 amide bonds. The lowest BCUT2D eigenvalue weighted by atomic mass is 9.98. The molecule has 0 fully saturated rings. The number of aliphatic hydroxyl groups is 1. The molecule has 74 heavy (non-hydrogen) atoms. The van der Waals surface area contributed by atoms with E-state index in [-0.39, 0.29) is 41.6 Å². The Bertz CT molecular complexity index is 2010. The number of alkyl carbamates (subject to hydrolysis) is 1. The number of benzene rings is 2. The van der Waals surface area contributed by atoms with Crippen LogP contribution in [0.5, 0.6) is 0 Å². The van der Waals surface area contributed by atoms with Crippen LogP contribution in [0.4, 0.5) is 4.79 Å². The zero-order valence-electron chi connectivity index (χ0n) is 46.3. The number of unbranched alkanes of at least 4 members (excludes halogenated alkanes) is 8. The zero-order chi connectivity index (χ0) is 54.8. The molecule has 1 aliphatic carbocycles. The van der Waals surface area contributed by atoms with Crippen LogP contribution in [-0.4, -0.2) is 105 Å². The molecule has 3 rings (SSSR count). The average molecular weight is 1100 g/mol. The minimum Gasteiger partial charge on any atom is -0.466 e. The van der Waals surface area contributed by atoms with Gasteiger partial charge in [0.25, 0.3) is 0 Å². The van der Waals surface area contributed by atoms with Gasteiger partial charge >= 0.3 is 24.0 Å². The number of ether oxygens (including phenoxy) is 4. The predicted molar refractivity (Wildman–Crippen MR) is 310 cm³/mol. The van der Waals surface area contributed by atoms with E-state index in [1.54, 1.807) is 12.2 Å². The summed E-state index contributed by atoms with van der Waals surface area (Å²) in [7, 11) is -2.59. The smallest absolute Gasteiger partial charge is 0.407 e. The summed E-state index contributed by atoms with van der Waals surface area (Å²) >= 11 is 2.66. The third kappa shape index (κ3) is 31.2. The predicted octanol–water partition coefficient (Wildman–Crippen LogP) is 13.8. The van der Waals surface area contributed by atoms with Gasteiger partial charge in [-0.05, 0) is 73.0 Å². The summed E-state index contributed by atoms with van der Waals surface area (Å²) in [4.78, 5) is 74.0. The Hall–Kier alpha value is -3.97. The number of amides is 1. The van der Waals surface area contributed by atoms with Crippen molar-refractivity contribution in [2.24, 2.45) is 0 Å². The monoisotopic (exact) mass is 1100 g/mol. The maximum Gasteiger partial charge on any atom is 0.407 e. The van der Waals surface area contributed by atoms with E-state index >= 15 is 0 Å². The molecule has 2 aromatic carbocycles. The molecule has 2 N–H and O–H groups in total. The molecular weight excluding hydrogens is 1010 g/mol. The normalized spacial score (nSPS) is 13.5. The number of thioether (sulfide) groups is 2. The molecule has 0 saturated carbocycles. The number of allylic oxidation sites excluding steroid dienone is 2. The number of rotatable bonds is 35. The average Bonchev–Trinajstić information content (AvgIpc) is 3.65. The highest BCUT2D eigenvalue weighted by atomic mass is 32.2. The lowest BCUT2D eigenvalue weighted by Crippen LogP contribution is -2.41. The third-order valence-electron chi connectivity index (χ3n) is 12.0. The van der Waals surface area contributed by atoms with Gasteiger partial charge in [0.15, 0.2) is 10.2 Å². The van der Waals surface area contributed by atoms with Crippen LogP contribution in [0, 0.1) is 0 Å². The van der Waals surface area contributed by atoms with Crippen LogP contribution in [0.3, 0.4) is 0 Å². The molecular formula is C58H91NO11S2Si2. The Kier molecular flexibility index (Phi) is 33.7. The molecule has 1 aliphatic rings. The number of carbonyl (C=O) groups is 6. The second-order valence-electron chi connectivity index (χ2n) is 21.4. The van der Waals surface area contributed by atoms with Crippen LogP contribution in [0.1, 0.15) is 141 Å². The topological polar surface area (TPSA) is 172 Å². The number of esters is 3. The van der Waals surface area contributed by atoms with E-state index in [1.165, 1.54) is 62.6 Å². The standard InChI is InChI=1S/C38H53NO7SSi.C20H38O4SSi/c1-6-7-8-9-10-22-36(41)47-24-16-15-17-29(26-35(40)44-23-25-48(3,4)5)46-37(42)28(2)39-38(43)45-27-34-32-20-13-11-18-30(32)31-19-12-14-21-33(31)34;1-5-6-7-8-9-13-20(23)25-15-11-10-12-18(21)17-19(22)24-14-16-26(2,3)4/h11-15,17-21,28-29,34H,6-10,16,22-27H2,1-5H3,(H,39,43);10,12,18,21H,5-9,11,13-17H2,1-4H3/b17-15+;12-10+/t28-,29-;18-/m11/s1. The highest BCUT2D eigenvalue weighted by molar-refractivity contribution is 8.13. The molecule has 0 spiro atoms. The highest BCUT2D eigenvalue weighted by Crippen LogP contribution is 2.44. The van der Waals surface area contributed by atoms with Crippen molar-refractivity contribution in [3.63, 3.8) is 0 Å². The quantitative estimate of drug-likeness (QED) is 0.0220. The van der Waals surface area contributed by atoms with Crippen LogP contribution in [0.25, 0.3) is 11.1 Å². The van der Waals surface area contributed by atoms with Crippen molar-refractivity contribution < 1.29 is 52.8 Å². The van der Waals surface area contributed by atoms with Crippen molar-refractivity contribution in [1.82, 2.24) is 5.32 Å². The van der Waals surface area contributed by atoms with Gasteiger partial charge in [-0.1, -0.05) is 195 Å². The summed E-state index contributed by atoms with van der Waals surface area (Å²) < 4.78 is 21.8. The Morgan fingerprint density at radius 2 is 1.09 bits per heavy atom. The maximum atomic E-state index is 13.0. The molecule has 0 unspecified atom stereocenters. The fourth-order valence-corrected chi connectivity index (χ4v) is 10.6. The van der Waals surface area contributed by atoms with E-state index in [1.807, 2.05) is 48.6 Å². The molecule has 0 bridgehead atoms. The Morgan fingerprint density at radius 3 is 1.58 bits per heavy atom. The first-order valence-corrected chi connectivity index (χ1v) is 36.6. The number of nitrogens with one attached hydrogen (secondary N) is 1. The van der Waals surface area contributed by atoms with Gasteiger partial charge in [0.05, 0.1) is 32.2 Å². The number of hydrogen-bond donors (Lipinski definition) is 2. The lowest BCUT2D eigenvalue weighted by molar-refractivity contribution is -0.154. The highest BCUT2D eigenvalue weighted by Gasteiger charge is 2.30. The summed E-state index contributed by atoms with van der Waals surface area (Å²) in [5, 5.41) is 12.8. The second kappa shape index (κ2) is 37.7. The van der Waals surface area contributed by atoms with Gasteiger partial charge in [0, 0.05) is 46.4 Å². The van der Waals surface area contributed by atoms with Crippen LogP contribution < -0.4 is 5.32 Å². The summed E-state index contributed by atoms with van der Waals surface area (Å²) in [5.41, 5.74) is 4.44. The fourth-order valence-electron chi connectivity index (χ4n) is 7.61. The molecule has 2 aromatic rings. The molecule has 0 saturated heterocycles. The summed E-state index contributed by atoms with van der Waals surface area (Å²) in [6.07, 6.45) is 18.3. The van der Waals surface area contributed by atoms with Crippen LogP contribution in [-0.2, 0) is 42.9 Å². The van der Waals surface area contributed by atoms with E-state index in [9.17, 15) is 33.9 Å². The Labute approximate surface area is 455 Å². The SMILES string of the molecule is CCCCCCCC(=O)SCC/C=C/[C@@H](O)CC(=O)OCC[Si](C)(C)C.CCCCCCCC(=O)SCC/C=C/[C@H](CC(=O)OCC[Si](C)(C)C)OC(=O)[C@@H](C)NC(=O)OCC1c2ccccc2-c2ccccc21. The van der Waals surface area contributed by atoms with E-state index < -0.39 is 52.4 Å². The minimum atomic E-state index is -1.38. The minimum absolute atomic E-state index is 0.00790. The van der Waals surface area contributed by atoms with Crippen molar-refractivity contribution in [1.29, 1.82) is 0 Å². The van der Waals surface area contributed by atoms with Gasteiger partial charge in [-0.15, -0.1) is 0 Å². The van der Waals surface area contributed by atoms with Gasteiger partial charge in [0.1, 0.15) is 18.8 Å². The van der Waals surface area contributed by atoms with E-state index in [0.717, 1.165) is 72.2 Å². The molecule has 0 aliphatic heterocycles. The van der Waals surface area contributed by atoms with E-state index in [0.29, 0.717) is 44.6 Å². The summed E-state index contributed by atoms with van der Waals surface area (Å²) in [5.74, 6) is -0.288. The first kappa shape index (κ1) is 66.1. The van der Waals surface area contributed by atoms with Gasteiger partial charge in [-0.25, -0.2) is 9.59 Å². The number of fused-ring (bicyclic) bond motifs is 3. The molecule has 12 nitrogen and oxygen atoms in total. The van der Waals surface area contributed by atoms with Crippen molar-refractivity contribution in [2.45, 2.75) is 199 Å². The molecule has 3 atom stereocenters. The van der Waals surface area contributed by atoms with E-state index in [4.69, 9.17) is 18.9 Å². The van der Waals surface area contributed by atoms with Crippen LogP contribution in [0.15, 0.2) is 72.8 Å². The largest absolute Gasteiger partial charge is 0.466 e. The Balaban J connectivity index is 0.000000611. The first-order valence-electron chi connectivity index (χ1n) is 27.2. The molecule has 414 valence electrons. The third-order valence-corrected chi connectivity index (χ3v) is 17.4. The summed E-state index contributed by atoms with van der Waals surface area (Å²) in [6, 6.07) is 16.9. The molecule has 0 radical (unpaired) electrons. The van der Waals surface area contributed by atoms with Crippen LogP contribution >= 0.6 is 23.5 Å². The maximum absolute atomic E-state index is 13.0. The van der Waals surface area contributed by atoms with Gasteiger partial charge < -0.3 is 29.4 Å².